The van der Waals surface area contributed by atoms with Crippen molar-refractivity contribution in [2.45, 2.75) is 26.4 Å². The molecular weight excluding hydrogens is 242 g/mol. The van der Waals surface area contributed by atoms with Crippen LogP contribution >= 0.6 is 0 Å². The predicted octanol–water partition coefficient (Wildman–Crippen LogP) is 3.48. The molecule has 4 heteroatoms. The predicted molar refractivity (Wildman–Crippen MR) is 73.7 cm³/mol. The summed E-state index contributed by atoms with van der Waals surface area (Å²) < 4.78 is 10.7. The Morgan fingerprint density at radius 3 is 2.32 bits per heavy atom. The highest BCUT2D eigenvalue weighted by molar-refractivity contribution is 5.87. The van der Waals surface area contributed by atoms with Crippen molar-refractivity contribution in [3.05, 3.63) is 42.2 Å². The van der Waals surface area contributed by atoms with Gasteiger partial charge in [0, 0.05) is 11.3 Å². The quantitative estimate of drug-likeness (QED) is 0.662. The number of furan rings is 1. The Morgan fingerprint density at radius 2 is 1.74 bits per heavy atom. The van der Waals surface area contributed by atoms with Crippen molar-refractivity contribution in [3.63, 3.8) is 0 Å². The van der Waals surface area contributed by atoms with E-state index in [1.54, 1.807) is 24.3 Å². The van der Waals surface area contributed by atoms with Gasteiger partial charge in [0.25, 0.3) is 0 Å². The van der Waals surface area contributed by atoms with Crippen molar-refractivity contribution in [2.75, 3.05) is 5.73 Å². The molecular formula is C15H17NO3. The minimum absolute atomic E-state index is 0.196. The first-order valence-corrected chi connectivity index (χ1v) is 6.04. The molecule has 2 rings (SSSR count). The van der Waals surface area contributed by atoms with Gasteiger partial charge in [0.05, 0.1) is 0 Å². The fourth-order valence-electron chi connectivity index (χ4n) is 1.58. The molecule has 19 heavy (non-hydrogen) atoms. The molecule has 1 aromatic heterocycles. The summed E-state index contributed by atoms with van der Waals surface area (Å²) in [7, 11) is 0. The van der Waals surface area contributed by atoms with Gasteiger partial charge in [0.2, 0.25) is 5.76 Å². The van der Waals surface area contributed by atoms with Gasteiger partial charge in [0.1, 0.15) is 11.4 Å². The summed E-state index contributed by atoms with van der Waals surface area (Å²) in [5, 5.41) is 0. The van der Waals surface area contributed by atoms with E-state index in [4.69, 9.17) is 14.9 Å². The molecule has 1 aromatic carbocycles. The van der Waals surface area contributed by atoms with Crippen LogP contribution < -0.4 is 5.73 Å². The Balaban J connectivity index is 2.19. The minimum Gasteiger partial charge on any atom is -0.454 e. The normalized spacial score (nSPS) is 11.3. The standard InChI is InChI=1S/C15H17NO3/c1-15(2,3)19-14(17)13-9-8-12(18-13)10-4-6-11(16)7-5-10/h4-9H,16H2,1-3H3. The summed E-state index contributed by atoms with van der Waals surface area (Å²) in [4.78, 5) is 11.8. The molecule has 2 aromatic rings. The fourth-order valence-corrected chi connectivity index (χ4v) is 1.58. The highest BCUT2D eigenvalue weighted by atomic mass is 16.6. The van der Waals surface area contributed by atoms with Crippen LogP contribution in [0.5, 0.6) is 0 Å². The summed E-state index contributed by atoms with van der Waals surface area (Å²) in [6, 6.07) is 10.6. The van der Waals surface area contributed by atoms with Crippen molar-refractivity contribution in [1.82, 2.24) is 0 Å². The second kappa shape index (κ2) is 4.80. The molecule has 100 valence electrons. The zero-order chi connectivity index (χ0) is 14.0. The largest absolute Gasteiger partial charge is 0.454 e. The maximum absolute atomic E-state index is 11.8. The molecule has 0 fully saturated rings. The van der Waals surface area contributed by atoms with Crippen LogP contribution in [0.25, 0.3) is 11.3 Å². The van der Waals surface area contributed by atoms with Crippen LogP contribution in [0.1, 0.15) is 31.3 Å². The molecule has 0 aliphatic heterocycles. The summed E-state index contributed by atoms with van der Waals surface area (Å²) in [6.45, 7) is 5.44. The maximum atomic E-state index is 11.8. The number of esters is 1. The summed E-state index contributed by atoms with van der Waals surface area (Å²) in [5.74, 6) is 0.344. The first kappa shape index (κ1) is 13.2. The number of carbonyl (C=O) groups excluding carboxylic acids is 1. The zero-order valence-corrected chi connectivity index (χ0v) is 11.3. The Labute approximate surface area is 112 Å². The van der Waals surface area contributed by atoms with Crippen LogP contribution in [0, 0.1) is 0 Å². The highest BCUT2D eigenvalue weighted by Gasteiger charge is 2.20. The average molecular weight is 259 g/mol. The van der Waals surface area contributed by atoms with Crippen molar-refractivity contribution in [3.8, 4) is 11.3 Å². The molecule has 0 saturated heterocycles. The van der Waals surface area contributed by atoms with E-state index in [0.29, 0.717) is 11.4 Å². The van der Waals surface area contributed by atoms with Crippen molar-refractivity contribution in [2.24, 2.45) is 0 Å². The second-order valence-electron chi connectivity index (χ2n) is 5.29. The summed E-state index contributed by atoms with van der Waals surface area (Å²) >= 11 is 0. The van der Waals surface area contributed by atoms with E-state index in [0.717, 1.165) is 5.56 Å². The molecule has 0 amide bonds. The van der Waals surface area contributed by atoms with E-state index in [2.05, 4.69) is 0 Å². The fraction of sp³-hybridized carbons (Fsp3) is 0.267. The van der Waals surface area contributed by atoms with Gasteiger partial charge in [-0.1, -0.05) is 0 Å². The Bertz CT molecular complexity index is 576. The van der Waals surface area contributed by atoms with Crippen LogP contribution in [0.3, 0.4) is 0 Å². The van der Waals surface area contributed by atoms with Crippen LogP contribution in [0.4, 0.5) is 5.69 Å². The van der Waals surface area contributed by atoms with Gasteiger partial charge in [0.15, 0.2) is 0 Å². The highest BCUT2D eigenvalue weighted by Crippen LogP contribution is 2.24. The topological polar surface area (TPSA) is 65.5 Å². The second-order valence-corrected chi connectivity index (χ2v) is 5.29. The molecule has 0 bridgehead atoms. The van der Waals surface area contributed by atoms with E-state index in [1.807, 2.05) is 32.9 Å². The number of benzene rings is 1. The number of nitrogens with two attached hydrogens (primary N) is 1. The van der Waals surface area contributed by atoms with Crippen molar-refractivity contribution < 1.29 is 13.9 Å². The monoisotopic (exact) mass is 259 g/mol. The molecule has 1 heterocycles. The van der Waals surface area contributed by atoms with E-state index in [-0.39, 0.29) is 5.76 Å². The first-order chi connectivity index (χ1) is 8.85. The lowest BCUT2D eigenvalue weighted by Crippen LogP contribution is -2.23. The molecule has 0 atom stereocenters. The molecule has 0 aliphatic rings. The minimum atomic E-state index is -0.536. The van der Waals surface area contributed by atoms with Gasteiger partial charge in [-0.25, -0.2) is 4.79 Å². The third kappa shape index (κ3) is 3.37. The smallest absolute Gasteiger partial charge is 0.374 e. The molecule has 0 saturated carbocycles. The van der Waals surface area contributed by atoms with E-state index < -0.39 is 11.6 Å². The van der Waals surface area contributed by atoms with Gasteiger partial charge < -0.3 is 14.9 Å². The van der Waals surface area contributed by atoms with Crippen LogP contribution in [-0.2, 0) is 4.74 Å². The lowest BCUT2D eigenvalue weighted by Gasteiger charge is -2.18. The number of hydrogen-bond donors (Lipinski definition) is 1. The Hall–Kier alpha value is -2.23. The number of rotatable bonds is 2. The van der Waals surface area contributed by atoms with Gasteiger partial charge in [-0.3, -0.25) is 0 Å². The number of anilines is 1. The van der Waals surface area contributed by atoms with Gasteiger partial charge in [-0.2, -0.15) is 0 Å². The van der Waals surface area contributed by atoms with Crippen LogP contribution in [0.15, 0.2) is 40.8 Å². The summed E-state index contributed by atoms with van der Waals surface area (Å²) in [6.07, 6.45) is 0. The van der Waals surface area contributed by atoms with E-state index in [1.165, 1.54) is 0 Å². The maximum Gasteiger partial charge on any atom is 0.374 e. The van der Waals surface area contributed by atoms with Gasteiger partial charge in [-0.05, 0) is 57.2 Å². The molecule has 0 radical (unpaired) electrons. The van der Waals surface area contributed by atoms with E-state index >= 15 is 0 Å². The molecule has 0 unspecified atom stereocenters. The third-order valence-electron chi connectivity index (χ3n) is 2.40. The number of hydrogen-bond acceptors (Lipinski definition) is 4. The Kier molecular flexibility index (Phi) is 3.34. The number of nitrogen functional groups attached to an aromatic ring is 1. The average Bonchev–Trinajstić information content (AvgIpc) is 2.77. The first-order valence-electron chi connectivity index (χ1n) is 6.04. The number of carbonyl (C=O) groups is 1. The van der Waals surface area contributed by atoms with E-state index in [9.17, 15) is 4.79 Å². The van der Waals surface area contributed by atoms with Gasteiger partial charge >= 0.3 is 5.97 Å². The SMILES string of the molecule is CC(C)(C)OC(=O)c1ccc(-c2ccc(N)cc2)o1. The number of ether oxygens (including phenoxy) is 1. The molecule has 2 N–H and O–H groups in total. The van der Waals surface area contributed by atoms with Gasteiger partial charge in [-0.15, -0.1) is 0 Å². The molecule has 0 spiro atoms. The van der Waals surface area contributed by atoms with Crippen LogP contribution in [-0.4, -0.2) is 11.6 Å². The summed E-state index contributed by atoms with van der Waals surface area (Å²) in [5.41, 5.74) is 6.63. The zero-order valence-electron chi connectivity index (χ0n) is 11.3. The molecule has 4 nitrogen and oxygen atoms in total. The van der Waals surface area contributed by atoms with Crippen molar-refractivity contribution >= 4 is 11.7 Å². The van der Waals surface area contributed by atoms with Crippen molar-refractivity contribution in [1.29, 1.82) is 0 Å². The Morgan fingerprint density at radius 1 is 1.11 bits per heavy atom. The van der Waals surface area contributed by atoms with Crippen LogP contribution in [0.2, 0.25) is 0 Å². The lowest BCUT2D eigenvalue weighted by molar-refractivity contribution is 0.00369. The lowest BCUT2D eigenvalue weighted by atomic mass is 10.1. The third-order valence-corrected chi connectivity index (χ3v) is 2.40. The molecule has 0 aliphatic carbocycles.